The van der Waals surface area contributed by atoms with Crippen LogP contribution in [0.4, 0.5) is 5.69 Å². The average molecular weight is 368 g/mol. The molecule has 8 heteroatoms. The molecule has 2 aromatic carbocycles. The van der Waals surface area contributed by atoms with E-state index in [2.05, 4.69) is 0 Å². The summed E-state index contributed by atoms with van der Waals surface area (Å²) in [6.07, 6.45) is 0. The normalized spacial score (nSPS) is 18.7. The van der Waals surface area contributed by atoms with Gasteiger partial charge in [-0.15, -0.1) is 0 Å². The van der Waals surface area contributed by atoms with Crippen LogP contribution in [0.2, 0.25) is 0 Å². The fourth-order valence-electron chi connectivity index (χ4n) is 3.09. The van der Waals surface area contributed by atoms with Crippen LogP contribution in [-0.4, -0.2) is 44.9 Å². The monoisotopic (exact) mass is 368 g/mol. The smallest absolute Gasteiger partial charge is 0.295 e. The molecule has 2 aromatic rings. The average Bonchev–Trinajstić information content (AvgIpc) is 2.93. The van der Waals surface area contributed by atoms with E-state index in [1.54, 1.807) is 30.3 Å². The largest absolute Gasteiger partial charge is 0.507 e. The number of aliphatic hydroxyl groups excluding tert-OH is 2. The second-order valence-corrected chi connectivity index (χ2v) is 5.93. The second-order valence-electron chi connectivity index (χ2n) is 5.93. The van der Waals surface area contributed by atoms with Crippen molar-refractivity contribution in [3.8, 4) is 0 Å². The number of hydrogen-bond donors (Lipinski definition) is 2. The van der Waals surface area contributed by atoms with Crippen molar-refractivity contribution in [1.29, 1.82) is 0 Å². The highest BCUT2D eigenvalue weighted by Gasteiger charge is 2.45. The zero-order valence-electron chi connectivity index (χ0n) is 14.1. The lowest BCUT2D eigenvalue weighted by Gasteiger charge is -2.24. The first-order valence-corrected chi connectivity index (χ1v) is 8.14. The number of likely N-dealkylation sites (tertiary alicyclic amines) is 1. The Morgan fingerprint density at radius 3 is 2.26 bits per heavy atom. The zero-order chi connectivity index (χ0) is 19.6. The number of nitro groups is 1. The highest BCUT2D eigenvalue weighted by molar-refractivity contribution is 6.46. The number of amides is 1. The molecule has 1 atom stereocenters. The molecular weight excluding hydrogens is 352 g/mol. The summed E-state index contributed by atoms with van der Waals surface area (Å²) < 4.78 is 0. The first-order chi connectivity index (χ1) is 13.0. The molecule has 1 aliphatic heterocycles. The zero-order valence-corrected chi connectivity index (χ0v) is 14.1. The van der Waals surface area contributed by atoms with E-state index >= 15 is 0 Å². The lowest BCUT2D eigenvalue weighted by atomic mass is 9.95. The molecule has 1 saturated heterocycles. The van der Waals surface area contributed by atoms with E-state index in [4.69, 9.17) is 0 Å². The van der Waals surface area contributed by atoms with Gasteiger partial charge < -0.3 is 15.1 Å². The van der Waals surface area contributed by atoms with E-state index in [0.717, 1.165) is 4.90 Å². The van der Waals surface area contributed by atoms with Crippen LogP contribution in [0, 0.1) is 10.1 Å². The number of hydrogen-bond acceptors (Lipinski definition) is 6. The fraction of sp³-hybridized carbons (Fsp3) is 0.158. The standard InChI is InChI=1S/C19H16N2O6/c22-11-10-20-16(12-6-8-14(9-7-12)21(26)27)15(18(24)19(20)25)17(23)13-4-2-1-3-5-13/h1-9,16,22-23H,10-11H2/t16-/m1/s1. The summed E-state index contributed by atoms with van der Waals surface area (Å²) in [4.78, 5) is 36.4. The molecule has 0 radical (unpaired) electrons. The van der Waals surface area contributed by atoms with Gasteiger partial charge in [-0.2, -0.15) is 0 Å². The Labute approximate surface area is 154 Å². The molecule has 1 amide bonds. The molecule has 27 heavy (non-hydrogen) atoms. The number of carbonyl (C=O) groups is 2. The number of nitrogens with zero attached hydrogens (tertiary/aromatic N) is 2. The first-order valence-electron chi connectivity index (χ1n) is 8.14. The van der Waals surface area contributed by atoms with Crippen molar-refractivity contribution in [2.24, 2.45) is 0 Å². The van der Waals surface area contributed by atoms with Crippen molar-refractivity contribution in [1.82, 2.24) is 4.90 Å². The third-order valence-electron chi connectivity index (χ3n) is 4.35. The quantitative estimate of drug-likeness (QED) is 0.274. The first kappa shape index (κ1) is 18.3. The lowest BCUT2D eigenvalue weighted by molar-refractivity contribution is -0.384. The van der Waals surface area contributed by atoms with Crippen LogP contribution in [-0.2, 0) is 9.59 Å². The number of β-amino-alcohol motifs (C(OH)–C–C–N with tert-alkyl or cyclic N) is 1. The van der Waals surface area contributed by atoms with Gasteiger partial charge in [-0.3, -0.25) is 19.7 Å². The van der Waals surface area contributed by atoms with Gasteiger partial charge in [0.1, 0.15) is 5.76 Å². The van der Waals surface area contributed by atoms with Crippen LogP contribution in [0.5, 0.6) is 0 Å². The van der Waals surface area contributed by atoms with Crippen molar-refractivity contribution < 1.29 is 24.7 Å². The van der Waals surface area contributed by atoms with E-state index in [-0.39, 0.29) is 30.2 Å². The minimum Gasteiger partial charge on any atom is -0.507 e. The SMILES string of the molecule is O=C1C(=O)N(CCO)[C@H](c2ccc([N+](=O)[O-])cc2)C1=C(O)c1ccccc1. The molecular formula is C19H16N2O6. The second kappa shape index (κ2) is 7.38. The Morgan fingerprint density at radius 2 is 1.70 bits per heavy atom. The number of benzene rings is 2. The number of aliphatic hydroxyl groups is 2. The number of Topliss-reactive ketones (excluding diaryl/α,β-unsaturated/α-hetero) is 1. The van der Waals surface area contributed by atoms with Crippen molar-refractivity contribution in [2.75, 3.05) is 13.2 Å². The van der Waals surface area contributed by atoms with Crippen LogP contribution >= 0.6 is 0 Å². The van der Waals surface area contributed by atoms with Crippen LogP contribution < -0.4 is 0 Å². The van der Waals surface area contributed by atoms with Crippen molar-refractivity contribution in [2.45, 2.75) is 6.04 Å². The number of ketones is 1. The van der Waals surface area contributed by atoms with Gasteiger partial charge in [-0.1, -0.05) is 30.3 Å². The summed E-state index contributed by atoms with van der Waals surface area (Å²) in [5.74, 6) is -2.05. The van der Waals surface area contributed by atoms with Gasteiger partial charge in [0.15, 0.2) is 0 Å². The van der Waals surface area contributed by atoms with E-state index in [9.17, 15) is 29.9 Å². The van der Waals surface area contributed by atoms with Crippen LogP contribution in [0.25, 0.3) is 5.76 Å². The molecule has 0 saturated carbocycles. The summed E-state index contributed by atoms with van der Waals surface area (Å²) in [5.41, 5.74) is 0.534. The molecule has 0 unspecified atom stereocenters. The topological polar surface area (TPSA) is 121 Å². The van der Waals surface area contributed by atoms with Crippen molar-refractivity contribution in [3.05, 3.63) is 81.4 Å². The maximum Gasteiger partial charge on any atom is 0.295 e. The Hall–Kier alpha value is -3.52. The molecule has 0 bridgehead atoms. The molecule has 138 valence electrons. The van der Waals surface area contributed by atoms with Crippen molar-refractivity contribution in [3.63, 3.8) is 0 Å². The number of carbonyl (C=O) groups excluding carboxylic acids is 2. The van der Waals surface area contributed by atoms with Crippen molar-refractivity contribution >= 4 is 23.1 Å². The Bertz CT molecular complexity index is 921. The molecule has 2 N–H and O–H groups in total. The van der Waals surface area contributed by atoms with Gasteiger partial charge in [0.05, 0.1) is 23.1 Å². The maximum absolute atomic E-state index is 12.6. The van der Waals surface area contributed by atoms with Gasteiger partial charge in [-0.05, 0) is 17.7 Å². The van der Waals surface area contributed by atoms with Gasteiger partial charge in [0, 0.05) is 24.2 Å². The van der Waals surface area contributed by atoms with Gasteiger partial charge in [0.2, 0.25) is 0 Å². The summed E-state index contributed by atoms with van der Waals surface area (Å²) in [6.45, 7) is -0.486. The molecule has 0 spiro atoms. The van der Waals surface area contributed by atoms with E-state index < -0.39 is 22.7 Å². The molecule has 1 fully saturated rings. The van der Waals surface area contributed by atoms with Gasteiger partial charge in [0.25, 0.3) is 17.4 Å². The Balaban J connectivity index is 2.16. The Kier molecular flexibility index (Phi) is 5.00. The summed E-state index contributed by atoms with van der Waals surface area (Å²) >= 11 is 0. The number of rotatable bonds is 5. The molecule has 8 nitrogen and oxygen atoms in total. The van der Waals surface area contributed by atoms with E-state index in [1.807, 2.05) is 0 Å². The minimum absolute atomic E-state index is 0.113. The highest BCUT2D eigenvalue weighted by atomic mass is 16.6. The van der Waals surface area contributed by atoms with Crippen LogP contribution in [0.15, 0.2) is 60.2 Å². The predicted octanol–water partition coefficient (Wildman–Crippen LogP) is 2.01. The van der Waals surface area contributed by atoms with Crippen LogP contribution in [0.3, 0.4) is 0 Å². The molecule has 1 aliphatic rings. The maximum atomic E-state index is 12.6. The third-order valence-corrected chi connectivity index (χ3v) is 4.35. The van der Waals surface area contributed by atoms with E-state index in [0.29, 0.717) is 11.1 Å². The highest BCUT2D eigenvalue weighted by Crippen LogP contribution is 2.39. The lowest BCUT2D eigenvalue weighted by Crippen LogP contribution is -2.32. The van der Waals surface area contributed by atoms with E-state index in [1.165, 1.54) is 24.3 Å². The summed E-state index contributed by atoms with van der Waals surface area (Å²) in [6, 6.07) is 12.7. The molecule has 0 aromatic heterocycles. The molecule has 0 aliphatic carbocycles. The Morgan fingerprint density at radius 1 is 1.07 bits per heavy atom. The summed E-state index contributed by atoms with van der Waals surface area (Å²) in [5, 5.41) is 30.8. The van der Waals surface area contributed by atoms with Gasteiger partial charge in [-0.25, -0.2) is 0 Å². The number of nitro benzene ring substituents is 1. The van der Waals surface area contributed by atoms with Gasteiger partial charge >= 0.3 is 0 Å². The minimum atomic E-state index is -0.946. The molecule has 3 rings (SSSR count). The van der Waals surface area contributed by atoms with Crippen LogP contribution in [0.1, 0.15) is 17.2 Å². The third kappa shape index (κ3) is 3.30. The predicted molar refractivity (Wildman–Crippen MR) is 95.6 cm³/mol. The molecule has 1 heterocycles. The number of non-ortho nitro benzene ring substituents is 1. The fourth-order valence-corrected chi connectivity index (χ4v) is 3.09. The summed E-state index contributed by atoms with van der Waals surface area (Å²) in [7, 11) is 0.